The molecule has 3 amide bonds. The highest BCUT2D eigenvalue weighted by Crippen LogP contribution is 2.36. The third kappa shape index (κ3) is 4.19. The summed E-state index contributed by atoms with van der Waals surface area (Å²) in [5.74, 6) is -2.03. The molecule has 0 radical (unpaired) electrons. The van der Waals surface area contributed by atoms with E-state index in [4.69, 9.17) is 0 Å². The third-order valence-electron chi connectivity index (χ3n) is 5.77. The van der Waals surface area contributed by atoms with Crippen LogP contribution in [0.15, 0.2) is 53.6 Å². The van der Waals surface area contributed by atoms with Crippen LogP contribution in [0.2, 0.25) is 0 Å². The SMILES string of the molecule is CCCn1nc(C(=O)NNC(=O)[C@H]2CC(=O)N(C)[C@H]2c2cccnc2)c2ccccc2c1=O. The van der Waals surface area contributed by atoms with Crippen LogP contribution in [0.3, 0.4) is 0 Å². The molecule has 2 atom stereocenters. The lowest BCUT2D eigenvalue weighted by atomic mass is 9.94. The molecule has 1 saturated heterocycles. The van der Waals surface area contributed by atoms with Crippen molar-refractivity contribution in [1.29, 1.82) is 0 Å². The minimum atomic E-state index is -0.703. The number of hydrogen-bond acceptors (Lipinski definition) is 6. The van der Waals surface area contributed by atoms with Crippen LogP contribution in [0.4, 0.5) is 0 Å². The maximum atomic E-state index is 12.9. The number of rotatable bonds is 5. The lowest BCUT2D eigenvalue weighted by molar-refractivity contribution is -0.128. The molecule has 2 N–H and O–H groups in total. The first kappa shape index (κ1) is 22.1. The van der Waals surface area contributed by atoms with Crippen molar-refractivity contribution in [3.63, 3.8) is 0 Å². The summed E-state index contributed by atoms with van der Waals surface area (Å²) in [6.45, 7) is 2.27. The second kappa shape index (κ2) is 9.19. The topological polar surface area (TPSA) is 126 Å². The lowest BCUT2D eigenvalue weighted by Crippen LogP contribution is -2.46. The summed E-state index contributed by atoms with van der Waals surface area (Å²) in [6.07, 6.45) is 3.92. The first-order chi connectivity index (χ1) is 15.9. The van der Waals surface area contributed by atoms with E-state index in [9.17, 15) is 19.2 Å². The number of aromatic nitrogens is 3. The molecular weight excluding hydrogens is 424 g/mol. The Morgan fingerprint density at radius 2 is 1.85 bits per heavy atom. The molecule has 1 fully saturated rings. The van der Waals surface area contributed by atoms with Gasteiger partial charge in [0.2, 0.25) is 11.8 Å². The third-order valence-corrected chi connectivity index (χ3v) is 5.77. The minimum Gasteiger partial charge on any atom is -0.338 e. The number of nitrogens with one attached hydrogen (secondary N) is 2. The van der Waals surface area contributed by atoms with Crippen molar-refractivity contribution in [2.75, 3.05) is 7.05 Å². The molecule has 4 rings (SSSR count). The highest BCUT2D eigenvalue weighted by Gasteiger charge is 2.43. The van der Waals surface area contributed by atoms with Crippen LogP contribution in [-0.4, -0.2) is 44.4 Å². The summed E-state index contributed by atoms with van der Waals surface area (Å²) in [5, 5.41) is 4.99. The fourth-order valence-electron chi connectivity index (χ4n) is 4.15. The molecule has 2 aromatic heterocycles. The van der Waals surface area contributed by atoms with E-state index < -0.39 is 23.8 Å². The van der Waals surface area contributed by atoms with Gasteiger partial charge in [0.1, 0.15) is 0 Å². The molecule has 0 bridgehead atoms. The Morgan fingerprint density at radius 3 is 2.55 bits per heavy atom. The van der Waals surface area contributed by atoms with Gasteiger partial charge < -0.3 is 4.90 Å². The smallest absolute Gasteiger partial charge is 0.290 e. The number of fused-ring (bicyclic) bond motifs is 1. The molecule has 3 heterocycles. The number of aryl methyl sites for hydroxylation is 1. The Balaban J connectivity index is 1.56. The quantitative estimate of drug-likeness (QED) is 0.565. The molecule has 0 spiro atoms. The largest absolute Gasteiger partial charge is 0.338 e. The van der Waals surface area contributed by atoms with Crippen molar-refractivity contribution in [2.24, 2.45) is 5.92 Å². The summed E-state index contributed by atoms with van der Waals surface area (Å²) in [4.78, 5) is 56.4. The summed E-state index contributed by atoms with van der Waals surface area (Å²) < 4.78 is 1.25. The number of hydrazine groups is 1. The van der Waals surface area contributed by atoms with E-state index in [1.807, 2.05) is 6.92 Å². The van der Waals surface area contributed by atoms with E-state index in [1.165, 1.54) is 9.58 Å². The van der Waals surface area contributed by atoms with Crippen molar-refractivity contribution in [3.05, 3.63) is 70.4 Å². The molecule has 0 unspecified atom stereocenters. The molecule has 170 valence electrons. The fraction of sp³-hybridized carbons (Fsp3) is 0.304. The Labute approximate surface area is 189 Å². The number of carbonyl (C=O) groups is 3. The zero-order valence-electron chi connectivity index (χ0n) is 18.3. The molecule has 3 aromatic rings. The number of benzene rings is 1. The van der Waals surface area contributed by atoms with Crippen LogP contribution in [0.5, 0.6) is 0 Å². The van der Waals surface area contributed by atoms with Crippen LogP contribution in [0, 0.1) is 5.92 Å². The van der Waals surface area contributed by atoms with Crippen molar-refractivity contribution in [2.45, 2.75) is 32.4 Å². The summed E-state index contributed by atoms with van der Waals surface area (Å²) in [7, 11) is 1.64. The van der Waals surface area contributed by atoms with E-state index in [2.05, 4.69) is 20.9 Å². The maximum absolute atomic E-state index is 12.9. The molecule has 33 heavy (non-hydrogen) atoms. The number of amides is 3. The molecule has 1 aromatic carbocycles. The molecule has 10 heteroatoms. The molecular formula is C23H24N6O4. The van der Waals surface area contributed by atoms with Gasteiger partial charge in [0.15, 0.2) is 5.69 Å². The summed E-state index contributed by atoms with van der Waals surface area (Å²) in [6, 6.07) is 9.76. The number of pyridine rings is 1. The van der Waals surface area contributed by atoms with Gasteiger partial charge in [-0.3, -0.25) is 35.0 Å². The predicted molar refractivity (Wildman–Crippen MR) is 120 cm³/mol. The Morgan fingerprint density at radius 1 is 1.09 bits per heavy atom. The zero-order valence-corrected chi connectivity index (χ0v) is 18.3. The first-order valence-electron chi connectivity index (χ1n) is 10.7. The molecule has 1 aliphatic rings. The first-order valence-corrected chi connectivity index (χ1v) is 10.7. The molecule has 0 aliphatic carbocycles. The maximum Gasteiger partial charge on any atom is 0.290 e. The van der Waals surface area contributed by atoms with Gasteiger partial charge in [-0.15, -0.1) is 0 Å². The highest BCUT2D eigenvalue weighted by molar-refractivity contribution is 6.05. The van der Waals surface area contributed by atoms with Crippen molar-refractivity contribution in [1.82, 2.24) is 30.5 Å². The average molecular weight is 448 g/mol. The second-order valence-corrected chi connectivity index (χ2v) is 7.91. The van der Waals surface area contributed by atoms with Gasteiger partial charge in [-0.2, -0.15) is 5.10 Å². The van der Waals surface area contributed by atoms with Crippen LogP contribution in [0.1, 0.15) is 41.9 Å². The van der Waals surface area contributed by atoms with Crippen LogP contribution >= 0.6 is 0 Å². The van der Waals surface area contributed by atoms with E-state index in [0.29, 0.717) is 23.7 Å². The van der Waals surface area contributed by atoms with Gasteiger partial charge in [0, 0.05) is 37.8 Å². The van der Waals surface area contributed by atoms with Gasteiger partial charge in [-0.25, -0.2) is 4.68 Å². The lowest BCUT2D eigenvalue weighted by Gasteiger charge is -2.24. The molecule has 0 saturated carbocycles. The highest BCUT2D eigenvalue weighted by atomic mass is 16.2. The van der Waals surface area contributed by atoms with Gasteiger partial charge in [0.05, 0.1) is 17.3 Å². The standard InChI is InChI=1S/C23H24N6O4/c1-3-11-29-23(33)16-9-5-4-8-15(16)19(27-29)22(32)26-25-21(31)17-12-18(30)28(2)20(17)14-7-6-10-24-13-14/h4-10,13,17,20H,3,11-12H2,1-2H3,(H,25,31)(H,26,32)/t17-,20-/m0/s1. The predicted octanol–water partition coefficient (Wildman–Crippen LogP) is 1.18. The van der Waals surface area contributed by atoms with Crippen LogP contribution < -0.4 is 16.4 Å². The van der Waals surface area contributed by atoms with Gasteiger partial charge in [-0.1, -0.05) is 31.2 Å². The fourth-order valence-corrected chi connectivity index (χ4v) is 4.15. The van der Waals surface area contributed by atoms with Gasteiger partial charge >= 0.3 is 0 Å². The van der Waals surface area contributed by atoms with E-state index in [-0.39, 0.29) is 23.6 Å². The monoisotopic (exact) mass is 448 g/mol. The van der Waals surface area contributed by atoms with E-state index >= 15 is 0 Å². The summed E-state index contributed by atoms with van der Waals surface area (Å²) >= 11 is 0. The summed E-state index contributed by atoms with van der Waals surface area (Å²) in [5.41, 5.74) is 5.31. The van der Waals surface area contributed by atoms with Crippen molar-refractivity contribution in [3.8, 4) is 0 Å². The zero-order chi connectivity index (χ0) is 23.5. The van der Waals surface area contributed by atoms with Gasteiger partial charge in [-0.05, 0) is 24.1 Å². The number of likely N-dealkylation sites (tertiary alicyclic amines) is 1. The average Bonchev–Trinajstić information content (AvgIpc) is 3.14. The molecule has 1 aliphatic heterocycles. The number of hydrogen-bond donors (Lipinski definition) is 2. The Bertz CT molecular complexity index is 1270. The molecule has 10 nitrogen and oxygen atoms in total. The van der Waals surface area contributed by atoms with E-state index in [0.717, 1.165) is 5.56 Å². The number of carbonyl (C=O) groups excluding carboxylic acids is 3. The Hall–Kier alpha value is -4.08. The van der Waals surface area contributed by atoms with Gasteiger partial charge in [0.25, 0.3) is 11.5 Å². The van der Waals surface area contributed by atoms with Crippen molar-refractivity contribution < 1.29 is 14.4 Å². The normalized spacial score (nSPS) is 17.9. The van der Waals surface area contributed by atoms with Crippen LogP contribution in [-0.2, 0) is 16.1 Å². The number of nitrogens with zero attached hydrogens (tertiary/aromatic N) is 4. The van der Waals surface area contributed by atoms with E-state index in [1.54, 1.807) is 55.8 Å². The minimum absolute atomic E-state index is 0.0142. The Kier molecular flexibility index (Phi) is 6.16. The van der Waals surface area contributed by atoms with Crippen LogP contribution in [0.25, 0.3) is 10.8 Å². The van der Waals surface area contributed by atoms with Crippen molar-refractivity contribution >= 4 is 28.5 Å². The second-order valence-electron chi connectivity index (χ2n) is 7.91.